The minimum atomic E-state index is -0.422. The topological polar surface area (TPSA) is 55.4 Å². The monoisotopic (exact) mass is 319 g/mol. The number of ether oxygens (including phenoxy) is 1. The number of nitrogens with one attached hydrogen (secondary N) is 1. The molecule has 4 nitrogen and oxygen atoms in total. The summed E-state index contributed by atoms with van der Waals surface area (Å²) in [5.74, 6) is -0.896. The van der Waals surface area contributed by atoms with Gasteiger partial charge in [-0.3, -0.25) is 4.79 Å². The fraction of sp³-hybridized carbons (Fsp3) is 0.250. The molecule has 1 fully saturated rings. The van der Waals surface area contributed by atoms with E-state index in [0.29, 0.717) is 16.3 Å². The third-order valence-electron chi connectivity index (χ3n) is 3.64. The minimum Gasteiger partial charge on any atom is -0.465 e. The highest BCUT2D eigenvalue weighted by atomic mass is 32.1. The molecule has 114 valence electrons. The Balaban J connectivity index is 1.62. The number of hydrogen-bond donors (Lipinski definition) is 1. The number of rotatable bonds is 4. The van der Waals surface area contributed by atoms with Gasteiger partial charge in [0.05, 0.1) is 12.1 Å². The molecule has 2 atom stereocenters. The Morgan fingerprint density at radius 3 is 2.86 bits per heavy atom. The van der Waals surface area contributed by atoms with Crippen molar-refractivity contribution in [2.75, 3.05) is 12.4 Å². The van der Waals surface area contributed by atoms with Crippen molar-refractivity contribution in [3.8, 4) is 0 Å². The maximum atomic E-state index is 13.2. The van der Waals surface area contributed by atoms with Crippen LogP contribution >= 0.6 is 11.3 Å². The number of methoxy groups -OCH3 is 1. The molecule has 3 rings (SSSR count). The predicted molar refractivity (Wildman–Crippen MR) is 81.5 cm³/mol. The summed E-state index contributed by atoms with van der Waals surface area (Å²) in [4.78, 5) is 24.0. The van der Waals surface area contributed by atoms with Crippen LogP contribution in [-0.4, -0.2) is 19.0 Å². The van der Waals surface area contributed by atoms with Crippen molar-refractivity contribution in [3.63, 3.8) is 0 Å². The van der Waals surface area contributed by atoms with Crippen molar-refractivity contribution in [2.45, 2.75) is 12.3 Å². The van der Waals surface area contributed by atoms with Crippen molar-refractivity contribution in [1.82, 2.24) is 0 Å². The molecule has 0 aliphatic heterocycles. The first kappa shape index (κ1) is 14.7. The van der Waals surface area contributed by atoms with Crippen molar-refractivity contribution < 1.29 is 18.7 Å². The normalized spacial score (nSPS) is 19.5. The zero-order chi connectivity index (χ0) is 15.7. The van der Waals surface area contributed by atoms with Gasteiger partial charge in [-0.2, -0.15) is 0 Å². The number of amides is 1. The molecule has 6 heteroatoms. The lowest BCUT2D eigenvalue weighted by molar-refractivity contribution is -0.117. The Kier molecular flexibility index (Phi) is 3.94. The summed E-state index contributed by atoms with van der Waals surface area (Å²) in [7, 11) is 1.31. The highest BCUT2D eigenvalue weighted by molar-refractivity contribution is 7.18. The minimum absolute atomic E-state index is 0.0655. The lowest BCUT2D eigenvalue weighted by atomic mass is 10.1. The molecule has 0 saturated heterocycles. The summed E-state index contributed by atoms with van der Waals surface area (Å²) in [6.07, 6.45) is 0.713. The molecular formula is C16H14FNO3S. The number of hydrogen-bond acceptors (Lipinski definition) is 4. The van der Waals surface area contributed by atoms with Gasteiger partial charge in [0, 0.05) is 5.92 Å². The number of thiophene rings is 1. The van der Waals surface area contributed by atoms with Crippen LogP contribution in [0.25, 0.3) is 0 Å². The third kappa shape index (κ3) is 3.01. The van der Waals surface area contributed by atoms with E-state index in [1.54, 1.807) is 18.2 Å². The van der Waals surface area contributed by atoms with Gasteiger partial charge in [0.1, 0.15) is 10.7 Å². The van der Waals surface area contributed by atoms with Crippen LogP contribution in [0.2, 0.25) is 0 Å². The zero-order valence-corrected chi connectivity index (χ0v) is 12.7. The summed E-state index contributed by atoms with van der Waals surface area (Å²) in [5.41, 5.74) is 0.849. The number of carbonyl (C=O) groups excluding carboxylic acids is 2. The quantitative estimate of drug-likeness (QED) is 0.879. The molecule has 22 heavy (non-hydrogen) atoms. The summed E-state index contributed by atoms with van der Waals surface area (Å²) in [6.45, 7) is 0. The van der Waals surface area contributed by atoms with E-state index in [-0.39, 0.29) is 23.6 Å². The van der Waals surface area contributed by atoms with Gasteiger partial charge in [-0.1, -0.05) is 12.1 Å². The second-order valence-electron chi connectivity index (χ2n) is 5.15. The first-order chi connectivity index (χ1) is 10.6. The molecule has 0 radical (unpaired) electrons. The lowest BCUT2D eigenvalue weighted by Crippen LogP contribution is -2.13. The molecule has 0 bridgehead atoms. The first-order valence-corrected chi connectivity index (χ1v) is 7.64. The van der Waals surface area contributed by atoms with Gasteiger partial charge in [-0.05, 0) is 42.2 Å². The number of halogens is 1. The fourth-order valence-electron chi connectivity index (χ4n) is 2.42. The van der Waals surface area contributed by atoms with Crippen LogP contribution in [0.3, 0.4) is 0 Å². The summed E-state index contributed by atoms with van der Waals surface area (Å²) >= 11 is 1.17. The molecule has 1 aliphatic carbocycles. The van der Waals surface area contributed by atoms with Crippen LogP contribution in [0.15, 0.2) is 36.4 Å². The Hall–Kier alpha value is -2.21. The van der Waals surface area contributed by atoms with E-state index in [1.165, 1.54) is 30.6 Å². The summed E-state index contributed by atoms with van der Waals surface area (Å²) in [5, 5.41) is 3.40. The van der Waals surface area contributed by atoms with Crippen molar-refractivity contribution in [3.05, 3.63) is 52.7 Å². The number of anilines is 1. The van der Waals surface area contributed by atoms with Crippen molar-refractivity contribution in [1.29, 1.82) is 0 Å². The largest absolute Gasteiger partial charge is 0.465 e. The van der Waals surface area contributed by atoms with E-state index in [9.17, 15) is 14.0 Å². The van der Waals surface area contributed by atoms with Crippen LogP contribution in [0.1, 0.15) is 27.6 Å². The van der Waals surface area contributed by atoms with Gasteiger partial charge in [0.25, 0.3) is 0 Å². The number of carbonyl (C=O) groups is 2. The number of benzene rings is 1. The first-order valence-electron chi connectivity index (χ1n) is 6.83. The van der Waals surface area contributed by atoms with E-state index in [1.807, 2.05) is 6.07 Å². The molecule has 1 amide bonds. The van der Waals surface area contributed by atoms with Crippen molar-refractivity contribution in [2.24, 2.45) is 5.92 Å². The van der Waals surface area contributed by atoms with Crippen molar-refractivity contribution >= 4 is 28.2 Å². The highest BCUT2D eigenvalue weighted by Gasteiger charge is 2.44. The molecule has 1 aromatic heterocycles. The molecule has 1 N–H and O–H groups in total. The maximum absolute atomic E-state index is 13.2. The second-order valence-corrected chi connectivity index (χ2v) is 6.23. The summed E-state index contributed by atoms with van der Waals surface area (Å²) in [6, 6.07) is 9.64. The SMILES string of the molecule is COC(=O)c1ccc(NC(=O)[C@@H]2C[C@@H]2c2cccc(F)c2)s1. The lowest BCUT2D eigenvalue weighted by Gasteiger charge is -2.02. The van der Waals surface area contributed by atoms with Crippen LogP contribution in [0.4, 0.5) is 9.39 Å². The van der Waals surface area contributed by atoms with Crippen LogP contribution in [-0.2, 0) is 9.53 Å². The van der Waals surface area contributed by atoms with Gasteiger partial charge in [0.2, 0.25) is 5.91 Å². The Morgan fingerprint density at radius 2 is 2.14 bits per heavy atom. The van der Waals surface area contributed by atoms with Gasteiger partial charge >= 0.3 is 5.97 Å². The van der Waals surface area contributed by atoms with E-state index >= 15 is 0 Å². The van der Waals surface area contributed by atoms with Gasteiger partial charge in [-0.25, -0.2) is 9.18 Å². The zero-order valence-electron chi connectivity index (χ0n) is 11.8. The molecule has 0 spiro atoms. The molecule has 1 heterocycles. The second kappa shape index (κ2) is 5.88. The van der Waals surface area contributed by atoms with Gasteiger partial charge < -0.3 is 10.1 Å². The molecule has 1 aliphatic rings. The number of esters is 1. The van der Waals surface area contributed by atoms with E-state index in [0.717, 1.165) is 5.56 Å². The molecule has 2 aromatic rings. The average molecular weight is 319 g/mol. The predicted octanol–water partition coefficient (Wildman–Crippen LogP) is 3.42. The highest BCUT2D eigenvalue weighted by Crippen LogP contribution is 2.48. The fourth-order valence-corrected chi connectivity index (χ4v) is 3.25. The van der Waals surface area contributed by atoms with Crippen LogP contribution < -0.4 is 5.32 Å². The molecule has 1 aromatic carbocycles. The van der Waals surface area contributed by atoms with Gasteiger partial charge in [0.15, 0.2) is 0 Å². The maximum Gasteiger partial charge on any atom is 0.348 e. The van der Waals surface area contributed by atoms with Crippen LogP contribution in [0, 0.1) is 11.7 Å². The Bertz CT molecular complexity index is 728. The van der Waals surface area contributed by atoms with E-state index < -0.39 is 5.97 Å². The molecule has 1 saturated carbocycles. The van der Waals surface area contributed by atoms with Crippen LogP contribution in [0.5, 0.6) is 0 Å². The third-order valence-corrected chi connectivity index (χ3v) is 4.62. The summed E-state index contributed by atoms with van der Waals surface area (Å²) < 4.78 is 17.8. The Morgan fingerprint density at radius 1 is 1.32 bits per heavy atom. The standard InChI is InChI=1S/C16H14FNO3S/c1-21-16(20)13-5-6-14(22-13)18-15(19)12-8-11(12)9-3-2-4-10(17)7-9/h2-7,11-12H,8H2,1H3,(H,18,19)/t11-,12-/m1/s1. The molecule has 0 unspecified atom stereocenters. The Labute approximate surface area is 130 Å². The van der Waals surface area contributed by atoms with Gasteiger partial charge in [-0.15, -0.1) is 11.3 Å². The smallest absolute Gasteiger partial charge is 0.348 e. The van der Waals surface area contributed by atoms with E-state index in [2.05, 4.69) is 10.1 Å². The van der Waals surface area contributed by atoms with E-state index in [4.69, 9.17) is 0 Å². The molecular weight excluding hydrogens is 305 g/mol. The average Bonchev–Trinajstić information content (AvgIpc) is 3.19.